The smallest absolute Gasteiger partial charge is 0.241 e. The van der Waals surface area contributed by atoms with Crippen LogP contribution in [-0.2, 0) is 11.2 Å². The second-order valence-electron chi connectivity index (χ2n) is 4.23. The molecule has 1 aliphatic rings. The number of nitrogens with one attached hydrogen (secondary N) is 1. The zero-order valence-electron chi connectivity index (χ0n) is 10.1. The van der Waals surface area contributed by atoms with Gasteiger partial charge in [-0.2, -0.15) is 0 Å². The zero-order valence-corrected chi connectivity index (χ0v) is 10.1. The van der Waals surface area contributed by atoms with E-state index in [9.17, 15) is 4.79 Å². The lowest BCUT2D eigenvalue weighted by Crippen LogP contribution is -2.44. The molecule has 0 bridgehead atoms. The van der Waals surface area contributed by atoms with Gasteiger partial charge in [0.1, 0.15) is 12.1 Å². The van der Waals surface area contributed by atoms with Crippen LogP contribution in [0, 0.1) is 0 Å². The maximum Gasteiger partial charge on any atom is 0.241 e. The number of rotatable bonds is 5. The van der Waals surface area contributed by atoms with Crippen molar-refractivity contribution in [3.8, 4) is 0 Å². The maximum absolute atomic E-state index is 11.6. The maximum atomic E-state index is 11.6. The van der Waals surface area contributed by atoms with Crippen molar-refractivity contribution in [2.45, 2.75) is 26.2 Å². The van der Waals surface area contributed by atoms with E-state index in [1.54, 1.807) is 6.33 Å². The average Bonchev–Trinajstić information content (AvgIpc) is 2.25. The van der Waals surface area contributed by atoms with Gasteiger partial charge in [-0.15, -0.1) is 0 Å². The van der Waals surface area contributed by atoms with Gasteiger partial charge in [-0.05, 0) is 12.8 Å². The van der Waals surface area contributed by atoms with Crippen molar-refractivity contribution in [2.75, 3.05) is 25.0 Å². The van der Waals surface area contributed by atoms with Crippen molar-refractivity contribution in [2.24, 2.45) is 0 Å². The van der Waals surface area contributed by atoms with Gasteiger partial charge in [0.05, 0.1) is 6.54 Å². The molecular formula is C12H18N4O. The van der Waals surface area contributed by atoms with E-state index in [2.05, 4.69) is 22.2 Å². The number of likely N-dealkylation sites (tertiary alicyclic amines) is 1. The van der Waals surface area contributed by atoms with E-state index in [-0.39, 0.29) is 5.91 Å². The summed E-state index contributed by atoms with van der Waals surface area (Å²) in [5, 5.41) is 3.05. The monoisotopic (exact) mass is 234 g/mol. The second-order valence-corrected chi connectivity index (χ2v) is 4.23. The summed E-state index contributed by atoms with van der Waals surface area (Å²) in [6, 6.07) is 1.91. The molecule has 0 radical (unpaired) electrons. The van der Waals surface area contributed by atoms with Gasteiger partial charge in [-0.25, -0.2) is 9.97 Å². The molecule has 0 aliphatic carbocycles. The number of nitrogens with zero attached hydrogens (tertiary/aromatic N) is 3. The molecule has 0 aromatic carbocycles. The van der Waals surface area contributed by atoms with Gasteiger partial charge >= 0.3 is 0 Å². The standard InChI is InChI=1S/C12H18N4O/c1-2-4-10-7-11(15-9-14-10)13-8-12(17)16-5-3-6-16/h7,9H,2-6,8H2,1H3,(H,13,14,15). The number of aromatic nitrogens is 2. The van der Waals surface area contributed by atoms with E-state index in [0.717, 1.165) is 43.9 Å². The Labute approximate surface area is 101 Å². The van der Waals surface area contributed by atoms with Gasteiger partial charge in [0.15, 0.2) is 0 Å². The number of anilines is 1. The second kappa shape index (κ2) is 5.61. The van der Waals surface area contributed by atoms with Gasteiger partial charge in [0, 0.05) is 24.8 Å². The molecule has 1 N–H and O–H groups in total. The van der Waals surface area contributed by atoms with Crippen LogP contribution in [0.1, 0.15) is 25.5 Å². The largest absolute Gasteiger partial charge is 0.361 e. The third-order valence-corrected chi connectivity index (χ3v) is 2.86. The Kier molecular flexibility index (Phi) is 3.90. The third-order valence-electron chi connectivity index (χ3n) is 2.86. The first-order valence-corrected chi connectivity index (χ1v) is 6.12. The Morgan fingerprint density at radius 1 is 1.47 bits per heavy atom. The quantitative estimate of drug-likeness (QED) is 0.828. The minimum Gasteiger partial charge on any atom is -0.361 e. The molecule has 1 aromatic rings. The van der Waals surface area contributed by atoms with Crippen molar-refractivity contribution in [3.05, 3.63) is 18.1 Å². The lowest BCUT2D eigenvalue weighted by atomic mass is 10.2. The van der Waals surface area contributed by atoms with Gasteiger partial charge in [0.2, 0.25) is 5.91 Å². The SMILES string of the molecule is CCCc1cc(NCC(=O)N2CCC2)ncn1. The molecule has 1 aromatic heterocycles. The minimum atomic E-state index is 0.145. The van der Waals surface area contributed by atoms with Crippen LogP contribution in [0.5, 0.6) is 0 Å². The fourth-order valence-electron chi connectivity index (χ4n) is 1.73. The Hall–Kier alpha value is -1.65. The fourth-order valence-corrected chi connectivity index (χ4v) is 1.73. The lowest BCUT2D eigenvalue weighted by molar-refractivity contribution is -0.132. The minimum absolute atomic E-state index is 0.145. The summed E-state index contributed by atoms with van der Waals surface area (Å²) in [7, 11) is 0. The van der Waals surface area contributed by atoms with E-state index >= 15 is 0 Å². The van der Waals surface area contributed by atoms with Gasteiger partial charge < -0.3 is 10.2 Å². The predicted octanol–water partition coefficient (Wildman–Crippen LogP) is 1.07. The molecule has 0 unspecified atom stereocenters. The molecular weight excluding hydrogens is 216 g/mol. The number of carbonyl (C=O) groups is 1. The van der Waals surface area contributed by atoms with Crippen LogP contribution in [0.3, 0.4) is 0 Å². The van der Waals surface area contributed by atoms with Gasteiger partial charge in [0.25, 0.3) is 0 Å². The number of carbonyl (C=O) groups excluding carboxylic acids is 1. The number of hydrogen-bond donors (Lipinski definition) is 1. The molecule has 1 fully saturated rings. The highest BCUT2D eigenvalue weighted by Gasteiger charge is 2.19. The Morgan fingerprint density at radius 2 is 2.29 bits per heavy atom. The lowest BCUT2D eigenvalue weighted by Gasteiger charge is -2.30. The zero-order chi connectivity index (χ0) is 12.1. The van der Waals surface area contributed by atoms with Gasteiger partial charge in [-0.3, -0.25) is 4.79 Å². The summed E-state index contributed by atoms with van der Waals surface area (Å²) in [6.07, 6.45) is 4.67. The van der Waals surface area contributed by atoms with Crippen molar-refractivity contribution in [1.29, 1.82) is 0 Å². The molecule has 2 rings (SSSR count). The summed E-state index contributed by atoms with van der Waals surface area (Å²) >= 11 is 0. The molecule has 5 heteroatoms. The molecule has 0 atom stereocenters. The molecule has 2 heterocycles. The average molecular weight is 234 g/mol. The number of aryl methyl sites for hydroxylation is 1. The van der Waals surface area contributed by atoms with E-state index < -0.39 is 0 Å². The van der Waals surface area contributed by atoms with Crippen LogP contribution in [-0.4, -0.2) is 40.4 Å². The number of hydrogen-bond acceptors (Lipinski definition) is 4. The molecule has 5 nitrogen and oxygen atoms in total. The molecule has 0 saturated carbocycles. The summed E-state index contributed by atoms with van der Waals surface area (Å²) in [4.78, 5) is 21.8. The van der Waals surface area contributed by atoms with E-state index in [4.69, 9.17) is 0 Å². The highest BCUT2D eigenvalue weighted by molar-refractivity contribution is 5.81. The third kappa shape index (κ3) is 3.15. The highest BCUT2D eigenvalue weighted by Crippen LogP contribution is 2.08. The van der Waals surface area contributed by atoms with Crippen LogP contribution in [0.15, 0.2) is 12.4 Å². The van der Waals surface area contributed by atoms with Crippen molar-refractivity contribution in [3.63, 3.8) is 0 Å². The molecule has 17 heavy (non-hydrogen) atoms. The fraction of sp³-hybridized carbons (Fsp3) is 0.583. The summed E-state index contributed by atoms with van der Waals surface area (Å²) in [5.41, 5.74) is 1.02. The van der Waals surface area contributed by atoms with Crippen LogP contribution in [0.2, 0.25) is 0 Å². The highest BCUT2D eigenvalue weighted by atomic mass is 16.2. The van der Waals surface area contributed by atoms with Crippen molar-refractivity contribution < 1.29 is 4.79 Å². The summed E-state index contributed by atoms with van der Waals surface area (Å²) < 4.78 is 0. The van der Waals surface area contributed by atoms with E-state index in [0.29, 0.717) is 6.54 Å². The van der Waals surface area contributed by atoms with Gasteiger partial charge in [-0.1, -0.05) is 13.3 Å². The molecule has 1 amide bonds. The Balaban J connectivity index is 1.85. The summed E-state index contributed by atoms with van der Waals surface area (Å²) in [5.74, 6) is 0.879. The topological polar surface area (TPSA) is 58.1 Å². The van der Waals surface area contributed by atoms with Crippen LogP contribution < -0.4 is 5.32 Å². The van der Waals surface area contributed by atoms with Crippen LogP contribution in [0.4, 0.5) is 5.82 Å². The first kappa shape index (κ1) is 11.8. The molecule has 0 spiro atoms. The Bertz CT molecular complexity index is 390. The predicted molar refractivity (Wildman–Crippen MR) is 65.7 cm³/mol. The molecule has 92 valence electrons. The van der Waals surface area contributed by atoms with E-state index in [1.165, 1.54) is 0 Å². The first-order valence-electron chi connectivity index (χ1n) is 6.12. The Morgan fingerprint density at radius 3 is 2.94 bits per heavy atom. The van der Waals surface area contributed by atoms with Crippen molar-refractivity contribution >= 4 is 11.7 Å². The normalized spacial score (nSPS) is 14.3. The first-order chi connectivity index (χ1) is 8.29. The van der Waals surface area contributed by atoms with Crippen LogP contribution >= 0.6 is 0 Å². The summed E-state index contributed by atoms with van der Waals surface area (Å²) in [6.45, 7) is 4.22. The number of amides is 1. The van der Waals surface area contributed by atoms with E-state index in [1.807, 2.05) is 11.0 Å². The van der Waals surface area contributed by atoms with Crippen LogP contribution in [0.25, 0.3) is 0 Å². The molecule has 1 saturated heterocycles. The molecule has 1 aliphatic heterocycles. The van der Waals surface area contributed by atoms with Crippen molar-refractivity contribution in [1.82, 2.24) is 14.9 Å².